The minimum absolute atomic E-state index is 0.0126. The molecule has 0 aromatic heterocycles. The Morgan fingerprint density at radius 3 is 2.38 bits per heavy atom. The first-order valence-corrected chi connectivity index (χ1v) is 4.45. The van der Waals surface area contributed by atoms with Crippen LogP contribution in [0.15, 0.2) is 0 Å². The quantitative estimate of drug-likeness (QED) is 0.697. The molecule has 0 bridgehead atoms. The van der Waals surface area contributed by atoms with Crippen LogP contribution in [0.1, 0.15) is 26.7 Å². The van der Waals surface area contributed by atoms with E-state index in [0.717, 1.165) is 6.42 Å². The summed E-state index contributed by atoms with van der Waals surface area (Å²) < 4.78 is 0. The number of carboxylic acids is 1. The van der Waals surface area contributed by atoms with Gasteiger partial charge in [-0.3, -0.25) is 9.59 Å². The zero-order chi connectivity index (χ0) is 10.4. The Kier molecular flexibility index (Phi) is 5.11. The van der Waals surface area contributed by atoms with Crippen molar-refractivity contribution in [2.45, 2.75) is 26.7 Å². The van der Waals surface area contributed by atoms with Crippen LogP contribution in [0.3, 0.4) is 0 Å². The second-order valence-electron chi connectivity index (χ2n) is 3.21. The summed E-state index contributed by atoms with van der Waals surface area (Å²) in [5.41, 5.74) is 0. The largest absolute Gasteiger partial charge is 0.481 e. The van der Waals surface area contributed by atoms with E-state index in [9.17, 15) is 9.59 Å². The van der Waals surface area contributed by atoms with Crippen molar-refractivity contribution < 1.29 is 14.7 Å². The normalized spacial score (nSPS) is 12.2. The summed E-state index contributed by atoms with van der Waals surface area (Å²) in [6.07, 6.45) is 0.801. The van der Waals surface area contributed by atoms with Gasteiger partial charge in [0.2, 0.25) is 5.91 Å². The molecule has 0 aromatic carbocycles. The molecule has 1 N–H and O–H groups in total. The molecule has 0 rings (SSSR count). The van der Waals surface area contributed by atoms with Gasteiger partial charge >= 0.3 is 5.97 Å². The average molecular weight is 187 g/mol. The van der Waals surface area contributed by atoms with Crippen molar-refractivity contribution in [3.8, 4) is 0 Å². The molecular formula is C9H17NO3. The molecule has 4 heteroatoms. The van der Waals surface area contributed by atoms with Gasteiger partial charge < -0.3 is 10.0 Å². The van der Waals surface area contributed by atoms with Crippen LogP contribution in [0.4, 0.5) is 0 Å². The molecule has 76 valence electrons. The van der Waals surface area contributed by atoms with Gasteiger partial charge in [-0.25, -0.2) is 0 Å². The molecule has 0 saturated heterocycles. The number of nitrogens with zero attached hydrogens (tertiary/aromatic N) is 1. The third-order valence-corrected chi connectivity index (χ3v) is 2.07. The second kappa shape index (κ2) is 5.56. The standard InChI is InChI=1S/C9H17NO3/c1-4-7(2)9(13)10(3)6-5-8(11)12/h7H,4-6H2,1-3H3,(H,11,12). The summed E-state index contributed by atoms with van der Waals surface area (Å²) in [7, 11) is 1.64. The molecule has 0 aliphatic heterocycles. The van der Waals surface area contributed by atoms with Crippen LogP contribution >= 0.6 is 0 Å². The summed E-state index contributed by atoms with van der Waals surface area (Å²) in [4.78, 5) is 23.1. The molecule has 1 amide bonds. The minimum Gasteiger partial charge on any atom is -0.481 e. The zero-order valence-electron chi connectivity index (χ0n) is 8.41. The van der Waals surface area contributed by atoms with Crippen molar-refractivity contribution in [1.82, 2.24) is 4.90 Å². The lowest BCUT2D eigenvalue weighted by molar-refractivity contribution is -0.139. The highest BCUT2D eigenvalue weighted by molar-refractivity contribution is 5.78. The van der Waals surface area contributed by atoms with Gasteiger partial charge in [0.15, 0.2) is 0 Å². The van der Waals surface area contributed by atoms with E-state index in [1.807, 2.05) is 13.8 Å². The van der Waals surface area contributed by atoms with Crippen LogP contribution in [0.5, 0.6) is 0 Å². The van der Waals surface area contributed by atoms with Gasteiger partial charge in [0.1, 0.15) is 0 Å². The Morgan fingerprint density at radius 2 is 2.00 bits per heavy atom. The van der Waals surface area contributed by atoms with Gasteiger partial charge in [-0.05, 0) is 6.42 Å². The summed E-state index contributed by atoms with van der Waals surface area (Å²) in [5.74, 6) is -0.869. The summed E-state index contributed by atoms with van der Waals surface area (Å²) in [6, 6.07) is 0. The first kappa shape index (κ1) is 11.9. The van der Waals surface area contributed by atoms with Gasteiger partial charge in [0, 0.05) is 19.5 Å². The molecule has 0 saturated carbocycles. The topological polar surface area (TPSA) is 57.6 Å². The van der Waals surface area contributed by atoms with Gasteiger partial charge in [-0.15, -0.1) is 0 Å². The van der Waals surface area contributed by atoms with Gasteiger partial charge in [-0.2, -0.15) is 0 Å². The highest BCUT2D eigenvalue weighted by Crippen LogP contribution is 2.05. The van der Waals surface area contributed by atoms with Crippen molar-refractivity contribution in [1.29, 1.82) is 0 Å². The van der Waals surface area contributed by atoms with Gasteiger partial charge in [0.25, 0.3) is 0 Å². The molecule has 0 radical (unpaired) electrons. The smallest absolute Gasteiger partial charge is 0.305 e. The first-order valence-electron chi connectivity index (χ1n) is 4.45. The predicted octanol–water partition coefficient (Wildman–Crippen LogP) is 0.966. The SMILES string of the molecule is CCC(C)C(=O)N(C)CCC(=O)O. The van der Waals surface area contributed by atoms with Crippen molar-refractivity contribution in [2.24, 2.45) is 5.92 Å². The summed E-state index contributed by atoms with van der Waals surface area (Å²) >= 11 is 0. The molecule has 1 unspecified atom stereocenters. The molecular weight excluding hydrogens is 170 g/mol. The maximum Gasteiger partial charge on any atom is 0.305 e. The molecule has 0 aliphatic carbocycles. The number of rotatable bonds is 5. The Balaban J connectivity index is 3.89. The van der Waals surface area contributed by atoms with Gasteiger partial charge in [-0.1, -0.05) is 13.8 Å². The Hall–Kier alpha value is -1.06. The third-order valence-electron chi connectivity index (χ3n) is 2.07. The maximum absolute atomic E-state index is 11.4. The Bertz CT molecular complexity index is 191. The molecule has 0 spiro atoms. The summed E-state index contributed by atoms with van der Waals surface area (Å²) in [5, 5.41) is 8.40. The van der Waals surface area contributed by atoms with Gasteiger partial charge in [0.05, 0.1) is 6.42 Å². The lowest BCUT2D eigenvalue weighted by atomic mass is 10.1. The van der Waals surface area contributed by atoms with Crippen molar-refractivity contribution in [3.05, 3.63) is 0 Å². The van der Waals surface area contributed by atoms with Crippen LogP contribution in [-0.2, 0) is 9.59 Å². The fourth-order valence-corrected chi connectivity index (χ4v) is 0.924. The molecule has 0 aromatic rings. The van der Waals surface area contributed by atoms with E-state index in [2.05, 4.69) is 0 Å². The Morgan fingerprint density at radius 1 is 1.46 bits per heavy atom. The molecule has 0 heterocycles. The van der Waals surface area contributed by atoms with E-state index in [0.29, 0.717) is 6.54 Å². The van der Waals surface area contributed by atoms with Crippen LogP contribution in [0.25, 0.3) is 0 Å². The molecule has 13 heavy (non-hydrogen) atoms. The first-order chi connectivity index (χ1) is 5.99. The van der Waals surface area contributed by atoms with E-state index in [1.165, 1.54) is 4.90 Å². The molecule has 0 fully saturated rings. The minimum atomic E-state index is -0.871. The monoisotopic (exact) mass is 187 g/mol. The fourth-order valence-electron chi connectivity index (χ4n) is 0.924. The van der Waals surface area contributed by atoms with Crippen molar-refractivity contribution >= 4 is 11.9 Å². The van der Waals surface area contributed by atoms with E-state index in [4.69, 9.17) is 5.11 Å². The average Bonchev–Trinajstić information content (AvgIpc) is 2.11. The molecule has 1 atom stereocenters. The number of carbonyl (C=O) groups is 2. The zero-order valence-corrected chi connectivity index (χ0v) is 8.41. The van der Waals surface area contributed by atoms with Crippen LogP contribution in [0.2, 0.25) is 0 Å². The number of amides is 1. The highest BCUT2D eigenvalue weighted by Gasteiger charge is 2.15. The number of carbonyl (C=O) groups excluding carboxylic acids is 1. The van der Waals surface area contributed by atoms with E-state index < -0.39 is 5.97 Å². The maximum atomic E-state index is 11.4. The number of carboxylic acid groups (broad SMARTS) is 1. The van der Waals surface area contributed by atoms with Crippen molar-refractivity contribution in [2.75, 3.05) is 13.6 Å². The number of hydrogen-bond acceptors (Lipinski definition) is 2. The molecule has 4 nitrogen and oxygen atoms in total. The molecule has 0 aliphatic rings. The lowest BCUT2D eigenvalue weighted by Gasteiger charge is -2.19. The highest BCUT2D eigenvalue weighted by atomic mass is 16.4. The van der Waals surface area contributed by atoms with Crippen LogP contribution in [0, 0.1) is 5.92 Å². The van der Waals surface area contributed by atoms with Crippen LogP contribution < -0.4 is 0 Å². The number of hydrogen-bond donors (Lipinski definition) is 1. The van der Waals surface area contributed by atoms with E-state index in [-0.39, 0.29) is 18.2 Å². The Labute approximate surface area is 78.5 Å². The lowest BCUT2D eigenvalue weighted by Crippen LogP contribution is -2.33. The third kappa shape index (κ3) is 4.50. The number of aliphatic carboxylic acids is 1. The fraction of sp³-hybridized carbons (Fsp3) is 0.778. The predicted molar refractivity (Wildman–Crippen MR) is 49.3 cm³/mol. The summed E-state index contributed by atoms with van der Waals surface area (Å²) in [6.45, 7) is 4.08. The second-order valence-corrected chi connectivity index (χ2v) is 3.21. The van der Waals surface area contributed by atoms with Crippen LogP contribution in [-0.4, -0.2) is 35.5 Å². The van der Waals surface area contributed by atoms with E-state index >= 15 is 0 Å². The van der Waals surface area contributed by atoms with Crippen molar-refractivity contribution in [3.63, 3.8) is 0 Å². The van der Waals surface area contributed by atoms with E-state index in [1.54, 1.807) is 7.05 Å².